The molecule has 1 heterocycles. The average Bonchev–Trinajstić information content (AvgIpc) is 2.90. The number of fused-ring (bicyclic) bond motifs is 1. The van der Waals surface area contributed by atoms with Gasteiger partial charge in [0.05, 0.1) is 5.69 Å². The molecule has 1 aromatic heterocycles. The molecule has 8 nitrogen and oxygen atoms in total. The van der Waals surface area contributed by atoms with Gasteiger partial charge in [0, 0.05) is 23.7 Å². The normalized spacial score (nSPS) is 13.6. The maximum Gasteiger partial charge on any atom is 0.320 e. The molecule has 0 spiro atoms. The molecule has 0 fully saturated rings. The minimum Gasteiger partial charge on any atom is -0.480 e. The van der Waals surface area contributed by atoms with Gasteiger partial charge in [0.25, 0.3) is 0 Å². The van der Waals surface area contributed by atoms with Crippen LogP contribution in [0.1, 0.15) is 28.9 Å². The lowest BCUT2D eigenvalue weighted by atomic mass is 9.99. The maximum absolute atomic E-state index is 12.4. The van der Waals surface area contributed by atoms with Gasteiger partial charge in [0.2, 0.25) is 0 Å². The molecule has 1 aromatic carbocycles. The molecule has 0 radical (unpaired) electrons. The molecule has 24 heavy (non-hydrogen) atoms. The average molecular weight is 333 g/mol. The van der Waals surface area contributed by atoms with Gasteiger partial charge < -0.3 is 26.7 Å². The molecule has 2 rings (SSSR count). The summed E-state index contributed by atoms with van der Waals surface area (Å²) in [7, 11) is 0. The summed E-state index contributed by atoms with van der Waals surface area (Å²) in [6, 6.07) is 4.84. The van der Waals surface area contributed by atoms with Crippen molar-refractivity contribution in [1.29, 1.82) is 0 Å². The standard InChI is InChI=1S/C16H19N3O5/c17-10(15(21)22)5-6-13(20)14-9(7-11(18)16(23)24)8-3-1-2-4-12(8)19-14/h1-4,10-11,19H,5-7,17-18H2,(H,21,22)(H,23,24)/t10-,11+/m1/s1. The fourth-order valence-electron chi connectivity index (χ4n) is 2.49. The van der Waals surface area contributed by atoms with E-state index in [1.165, 1.54) is 0 Å². The number of hydrogen-bond acceptors (Lipinski definition) is 5. The monoisotopic (exact) mass is 333 g/mol. The van der Waals surface area contributed by atoms with Crippen LogP contribution in [0.5, 0.6) is 0 Å². The van der Waals surface area contributed by atoms with Crippen LogP contribution in [-0.2, 0) is 16.0 Å². The summed E-state index contributed by atoms with van der Waals surface area (Å²) in [5, 5.41) is 18.5. The van der Waals surface area contributed by atoms with Crippen molar-refractivity contribution in [3.8, 4) is 0 Å². The second-order valence-electron chi connectivity index (χ2n) is 5.58. The number of hydrogen-bond donors (Lipinski definition) is 5. The number of ketones is 1. The lowest BCUT2D eigenvalue weighted by molar-refractivity contribution is -0.139. The molecule has 128 valence electrons. The molecule has 0 unspecified atom stereocenters. The first-order valence-corrected chi connectivity index (χ1v) is 7.40. The van der Waals surface area contributed by atoms with Crippen molar-refractivity contribution in [1.82, 2.24) is 4.98 Å². The Morgan fingerprint density at radius 2 is 1.67 bits per heavy atom. The molecule has 0 aliphatic carbocycles. The van der Waals surface area contributed by atoms with Crippen LogP contribution >= 0.6 is 0 Å². The predicted octanol–water partition coefficient (Wildman–Crippen LogP) is 0.497. The van der Waals surface area contributed by atoms with Crippen LogP contribution in [0.15, 0.2) is 24.3 Å². The zero-order chi connectivity index (χ0) is 17.9. The summed E-state index contributed by atoms with van der Waals surface area (Å²) in [6.45, 7) is 0. The van der Waals surface area contributed by atoms with E-state index in [4.69, 9.17) is 21.7 Å². The highest BCUT2D eigenvalue weighted by molar-refractivity contribution is 6.02. The lowest BCUT2D eigenvalue weighted by Crippen LogP contribution is -2.33. The molecule has 0 saturated carbocycles. The van der Waals surface area contributed by atoms with Crippen LogP contribution in [0.2, 0.25) is 0 Å². The Morgan fingerprint density at radius 3 is 2.29 bits per heavy atom. The van der Waals surface area contributed by atoms with Gasteiger partial charge >= 0.3 is 11.9 Å². The molecule has 2 atom stereocenters. The van der Waals surface area contributed by atoms with Crippen LogP contribution in [0.3, 0.4) is 0 Å². The molecular formula is C16H19N3O5. The highest BCUT2D eigenvalue weighted by Gasteiger charge is 2.23. The van der Waals surface area contributed by atoms with E-state index >= 15 is 0 Å². The van der Waals surface area contributed by atoms with Crippen LogP contribution in [-0.4, -0.2) is 45.0 Å². The number of carbonyl (C=O) groups excluding carboxylic acids is 1. The Balaban J connectivity index is 2.32. The summed E-state index contributed by atoms with van der Waals surface area (Å²) in [6.07, 6.45) is -0.0744. The maximum atomic E-state index is 12.4. The van der Waals surface area contributed by atoms with E-state index in [0.29, 0.717) is 11.1 Å². The van der Waals surface area contributed by atoms with Gasteiger partial charge in [-0.3, -0.25) is 14.4 Å². The summed E-state index contributed by atoms with van der Waals surface area (Å²) in [5.41, 5.74) is 12.5. The van der Waals surface area contributed by atoms with Crippen molar-refractivity contribution in [3.63, 3.8) is 0 Å². The zero-order valence-electron chi connectivity index (χ0n) is 12.9. The van der Waals surface area contributed by atoms with Crippen molar-refractivity contribution >= 4 is 28.6 Å². The number of benzene rings is 1. The number of aliphatic carboxylic acids is 2. The number of aromatic nitrogens is 1. The number of carbonyl (C=O) groups is 3. The number of aromatic amines is 1. The van der Waals surface area contributed by atoms with Gasteiger partial charge in [0.1, 0.15) is 12.1 Å². The van der Waals surface area contributed by atoms with E-state index in [9.17, 15) is 14.4 Å². The Bertz CT molecular complexity index is 783. The number of para-hydroxylation sites is 1. The third-order valence-electron chi connectivity index (χ3n) is 3.83. The van der Waals surface area contributed by atoms with E-state index in [1.807, 2.05) is 0 Å². The number of H-pyrrole nitrogens is 1. The SMILES string of the molecule is N[C@H](CCC(=O)c1[nH]c2ccccc2c1C[C@H](N)C(=O)O)C(=O)O. The molecule has 0 aliphatic heterocycles. The third-order valence-corrected chi connectivity index (χ3v) is 3.83. The number of nitrogens with one attached hydrogen (secondary N) is 1. The van der Waals surface area contributed by atoms with Gasteiger partial charge in [-0.2, -0.15) is 0 Å². The van der Waals surface area contributed by atoms with E-state index < -0.39 is 24.0 Å². The first-order chi connectivity index (χ1) is 11.3. The van der Waals surface area contributed by atoms with Crippen LogP contribution in [0.25, 0.3) is 10.9 Å². The van der Waals surface area contributed by atoms with Crippen molar-refractivity contribution in [2.45, 2.75) is 31.3 Å². The Kier molecular flexibility index (Phi) is 5.32. The van der Waals surface area contributed by atoms with Gasteiger partial charge in [-0.25, -0.2) is 0 Å². The number of carboxylic acids is 2. The molecule has 7 N–H and O–H groups in total. The van der Waals surface area contributed by atoms with Gasteiger partial charge in [-0.1, -0.05) is 18.2 Å². The van der Waals surface area contributed by atoms with E-state index in [-0.39, 0.29) is 30.7 Å². The topological polar surface area (TPSA) is 160 Å². The summed E-state index contributed by atoms with van der Waals surface area (Å²) < 4.78 is 0. The molecule has 8 heteroatoms. The molecule has 0 bridgehead atoms. The van der Waals surface area contributed by atoms with Crippen LogP contribution in [0.4, 0.5) is 0 Å². The minimum absolute atomic E-state index is 0.00600. The summed E-state index contributed by atoms with van der Waals surface area (Å²) in [5.74, 6) is -2.66. The second-order valence-corrected chi connectivity index (χ2v) is 5.58. The van der Waals surface area contributed by atoms with Crippen molar-refractivity contribution in [2.75, 3.05) is 0 Å². The number of carboxylic acid groups (broad SMARTS) is 2. The molecule has 2 aromatic rings. The van der Waals surface area contributed by atoms with E-state index in [2.05, 4.69) is 4.98 Å². The molecular weight excluding hydrogens is 314 g/mol. The molecule has 0 amide bonds. The van der Waals surface area contributed by atoms with E-state index in [1.54, 1.807) is 24.3 Å². The Hall–Kier alpha value is -2.71. The minimum atomic E-state index is -1.17. The van der Waals surface area contributed by atoms with Crippen molar-refractivity contribution in [2.24, 2.45) is 11.5 Å². The smallest absolute Gasteiger partial charge is 0.320 e. The Morgan fingerprint density at radius 1 is 1.04 bits per heavy atom. The van der Waals surface area contributed by atoms with Gasteiger partial charge in [0.15, 0.2) is 5.78 Å². The second kappa shape index (κ2) is 7.24. The first kappa shape index (κ1) is 17.6. The summed E-state index contributed by atoms with van der Waals surface area (Å²) in [4.78, 5) is 37.2. The van der Waals surface area contributed by atoms with E-state index in [0.717, 1.165) is 5.39 Å². The first-order valence-electron chi connectivity index (χ1n) is 7.40. The number of nitrogens with two attached hydrogens (primary N) is 2. The quantitative estimate of drug-likeness (QED) is 0.439. The van der Waals surface area contributed by atoms with Crippen LogP contribution < -0.4 is 11.5 Å². The number of rotatable bonds is 8. The lowest BCUT2D eigenvalue weighted by Gasteiger charge is -2.09. The van der Waals surface area contributed by atoms with Crippen molar-refractivity contribution in [3.05, 3.63) is 35.5 Å². The fraction of sp³-hybridized carbons (Fsp3) is 0.312. The molecule has 0 aliphatic rings. The highest BCUT2D eigenvalue weighted by atomic mass is 16.4. The zero-order valence-corrected chi connectivity index (χ0v) is 12.9. The third kappa shape index (κ3) is 3.79. The van der Waals surface area contributed by atoms with Gasteiger partial charge in [-0.05, 0) is 18.1 Å². The fourth-order valence-corrected chi connectivity index (χ4v) is 2.49. The summed E-state index contributed by atoms with van der Waals surface area (Å²) >= 11 is 0. The van der Waals surface area contributed by atoms with Crippen molar-refractivity contribution < 1.29 is 24.6 Å². The largest absolute Gasteiger partial charge is 0.480 e. The van der Waals surface area contributed by atoms with Gasteiger partial charge in [-0.15, -0.1) is 0 Å². The highest BCUT2D eigenvalue weighted by Crippen LogP contribution is 2.25. The number of Topliss-reactive ketones (excluding diaryl/α,β-unsaturated/α-hetero) is 1. The van der Waals surface area contributed by atoms with Crippen LogP contribution in [0, 0.1) is 0 Å². The predicted molar refractivity (Wildman–Crippen MR) is 86.8 cm³/mol. The molecule has 0 saturated heterocycles. The Labute approximate surface area is 137 Å².